The van der Waals surface area contributed by atoms with Gasteiger partial charge in [0, 0.05) is 39.3 Å². The van der Waals surface area contributed by atoms with Crippen LogP contribution in [0.4, 0.5) is 0 Å². The molecule has 0 aromatic carbocycles. The fourth-order valence-corrected chi connectivity index (χ4v) is 3.91. The third-order valence-electron chi connectivity index (χ3n) is 3.47. The first-order valence-electron chi connectivity index (χ1n) is 6.40. The molecular formula is C11H20N2O4S. The first-order chi connectivity index (χ1) is 8.58. The zero-order chi connectivity index (χ0) is 13.0. The first kappa shape index (κ1) is 13.8. The monoisotopic (exact) mass is 276 g/mol. The Morgan fingerprint density at radius 1 is 1.39 bits per heavy atom. The molecule has 1 unspecified atom stereocenters. The Labute approximate surface area is 108 Å². The molecule has 0 aromatic heterocycles. The fraction of sp³-hybridized carbons (Fsp3) is 0.909. The summed E-state index contributed by atoms with van der Waals surface area (Å²) in [6.45, 7) is 2.51. The molecule has 0 aromatic rings. The van der Waals surface area contributed by atoms with Crippen molar-refractivity contribution in [3.8, 4) is 0 Å². The second-order valence-electron chi connectivity index (χ2n) is 4.83. The Bertz CT molecular complexity index is 390. The minimum absolute atomic E-state index is 0.0723. The average Bonchev–Trinajstić information content (AvgIpc) is 2.75. The zero-order valence-electron chi connectivity index (χ0n) is 10.4. The minimum atomic E-state index is -3.23. The molecule has 0 radical (unpaired) electrons. The lowest BCUT2D eigenvalue weighted by Crippen LogP contribution is -2.36. The standard InChI is InChI=1S/C11H20N2O4S/c14-11-1-5-13(6-4-12-11)18(15,16)8-3-10-2-7-17-9-10/h10H,1-9H2,(H,12,14). The van der Waals surface area contributed by atoms with Gasteiger partial charge in [0.05, 0.1) is 5.75 Å². The molecule has 0 aliphatic carbocycles. The summed E-state index contributed by atoms with van der Waals surface area (Å²) in [6.07, 6.45) is 1.86. The third kappa shape index (κ3) is 3.66. The van der Waals surface area contributed by atoms with Crippen LogP contribution in [0.15, 0.2) is 0 Å². The number of nitrogens with zero attached hydrogens (tertiary/aromatic N) is 1. The number of nitrogens with one attached hydrogen (secondary N) is 1. The number of carbonyl (C=O) groups is 1. The summed E-state index contributed by atoms with van der Waals surface area (Å²) < 4.78 is 31.0. The van der Waals surface area contributed by atoms with Crippen molar-refractivity contribution >= 4 is 15.9 Å². The molecule has 2 fully saturated rings. The summed E-state index contributed by atoms with van der Waals surface area (Å²) in [6, 6.07) is 0. The molecule has 1 N–H and O–H groups in total. The van der Waals surface area contributed by atoms with Crippen LogP contribution in [0.2, 0.25) is 0 Å². The van der Waals surface area contributed by atoms with E-state index in [0.717, 1.165) is 13.0 Å². The normalized spacial score (nSPS) is 26.9. The number of hydrogen-bond acceptors (Lipinski definition) is 4. The molecule has 2 heterocycles. The van der Waals surface area contributed by atoms with Crippen molar-refractivity contribution < 1.29 is 17.9 Å². The molecule has 1 atom stereocenters. The Hall–Kier alpha value is -0.660. The van der Waals surface area contributed by atoms with Gasteiger partial charge in [-0.1, -0.05) is 0 Å². The van der Waals surface area contributed by atoms with E-state index in [1.54, 1.807) is 0 Å². The van der Waals surface area contributed by atoms with Crippen LogP contribution in [0, 0.1) is 5.92 Å². The lowest BCUT2D eigenvalue weighted by Gasteiger charge is -2.19. The van der Waals surface area contributed by atoms with Crippen LogP contribution in [0.25, 0.3) is 0 Å². The molecular weight excluding hydrogens is 256 g/mol. The van der Waals surface area contributed by atoms with E-state index in [2.05, 4.69) is 5.32 Å². The van der Waals surface area contributed by atoms with E-state index in [0.29, 0.717) is 38.6 Å². The molecule has 2 rings (SSSR count). The summed E-state index contributed by atoms with van der Waals surface area (Å²) in [4.78, 5) is 11.2. The van der Waals surface area contributed by atoms with Crippen LogP contribution in [-0.4, -0.2) is 57.2 Å². The molecule has 0 spiro atoms. The molecule has 18 heavy (non-hydrogen) atoms. The highest BCUT2D eigenvalue weighted by Crippen LogP contribution is 2.18. The van der Waals surface area contributed by atoms with Crippen molar-refractivity contribution in [3.63, 3.8) is 0 Å². The molecule has 2 aliphatic heterocycles. The summed E-state index contributed by atoms with van der Waals surface area (Å²) in [7, 11) is -3.23. The smallest absolute Gasteiger partial charge is 0.221 e. The molecule has 1 amide bonds. The molecule has 104 valence electrons. The second kappa shape index (κ2) is 5.99. The van der Waals surface area contributed by atoms with Gasteiger partial charge in [0.1, 0.15) is 0 Å². The molecule has 6 nitrogen and oxygen atoms in total. The van der Waals surface area contributed by atoms with E-state index in [1.165, 1.54) is 4.31 Å². The second-order valence-corrected chi connectivity index (χ2v) is 6.92. The van der Waals surface area contributed by atoms with Crippen molar-refractivity contribution in [1.82, 2.24) is 9.62 Å². The van der Waals surface area contributed by atoms with Gasteiger partial charge in [0.15, 0.2) is 0 Å². The van der Waals surface area contributed by atoms with Crippen LogP contribution >= 0.6 is 0 Å². The van der Waals surface area contributed by atoms with E-state index in [4.69, 9.17) is 4.74 Å². The minimum Gasteiger partial charge on any atom is -0.381 e. The quantitative estimate of drug-likeness (QED) is 0.755. The summed E-state index contributed by atoms with van der Waals surface area (Å²) in [5.74, 6) is 0.457. The summed E-state index contributed by atoms with van der Waals surface area (Å²) in [5, 5.41) is 2.68. The van der Waals surface area contributed by atoms with E-state index >= 15 is 0 Å². The van der Waals surface area contributed by atoms with Crippen LogP contribution in [0.3, 0.4) is 0 Å². The van der Waals surface area contributed by atoms with Crippen molar-refractivity contribution in [2.45, 2.75) is 19.3 Å². The number of amides is 1. The van der Waals surface area contributed by atoms with E-state index in [9.17, 15) is 13.2 Å². The third-order valence-corrected chi connectivity index (χ3v) is 5.38. The molecule has 2 aliphatic rings. The maximum absolute atomic E-state index is 12.1. The molecule has 0 saturated carbocycles. The van der Waals surface area contributed by atoms with Gasteiger partial charge in [0.25, 0.3) is 0 Å². The Kier molecular flexibility index (Phi) is 4.58. The van der Waals surface area contributed by atoms with Gasteiger partial charge in [-0.15, -0.1) is 0 Å². The number of sulfonamides is 1. The lowest BCUT2D eigenvalue weighted by molar-refractivity contribution is -0.120. The van der Waals surface area contributed by atoms with Crippen molar-refractivity contribution in [1.29, 1.82) is 0 Å². The predicted octanol–water partition coefficient (Wildman–Crippen LogP) is -0.435. The van der Waals surface area contributed by atoms with Gasteiger partial charge in [-0.3, -0.25) is 4.79 Å². The Morgan fingerprint density at radius 2 is 2.22 bits per heavy atom. The summed E-state index contributed by atoms with van der Waals surface area (Å²) >= 11 is 0. The Morgan fingerprint density at radius 3 is 2.94 bits per heavy atom. The highest BCUT2D eigenvalue weighted by Gasteiger charge is 2.26. The van der Waals surface area contributed by atoms with E-state index in [1.807, 2.05) is 0 Å². The van der Waals surface area contributed by atoms with Gasteiger partial charge < -0.3 is 10.1 Å². The van der Waals surface area contributed by atoms with Gasteiger partial charge >= 0.3 is 0 Å². The number of hydrogen-bond donors (Lipinski definition) is 1. The number of rotatable bonds is 4. The van der Waals surface area contributed by atoms with Crippen molar-refractivity contribution in [2.24, 2.45) is 5.92 Å². The molecule has 0 bridgehead atoms. The fourth-order valence-electron chi connectivity index (χ4n) is 2.28. The van der Waals surface area contributed by atoms with Gasteiger partial charge in [0.2, 0.25) is 15.9 Å². The average molecular weight is 276 g/mol. The van der Waals surface area contributed by atoms with Crippen molar-refractivity contribution in [3.05, 3.63) is 0 Å². The predicted molar refractivity (Wildman–Crippen MR) is 66.5 cm³/mol. The maximum atomic E-state index is 12.1. The van der Waals surface area contributed by atoms with E-state index in [-0.39, 0.29) is 18.1 Å². The lowest BCUT2D eigenvalue weighted by atomic mass is 10.1. The SMILES string of the molecule is O=C1CCN(S(=O)(=O)CCC2CCOC2)CCN1. The number of ether oxygens (including phenoxy) is 1. The topological polar surface area (TPSA) is 75.7 Å². The zero-order valence-corrected chi connectivity index (χ0v) is 11.2. The van der Waals surface area contributed by atoms with Crippen molar-refractivity contribution in [2.75, 3.05) is 38.6 Å². The largest absolute Gasteiger partial charge is 0.381 e. The van der Waals surface area contributed by atoms with Gasteiger partial charge in [-0.2, -0.15) is 4.31 Å². The van der Waals surface area contributed by atoms with Crippen LogP contribution in [-0.2, 0) is 19.6 Å². The van der Waals surface area contributed by atoms with Crippen LogP contribution in [0.5, 0.6) is 0 Å². The molecule has 2 saturated heterocycles. The maximum Gasteiger partial charge on any atom is 0.221 e. The van der Waals surface area contributed by atoms with Crippen LogP contribution in [0.1, 0.15) is 19.3 Å². The highest BCUT2D eigenvalue weighted by molar-refractivity contribution is 7.89. The first-order valence-corrected chi connectivity index (χ1v) is 8.01. The number of carbonyl (C=O) groups excluding carboxylic acids is 1. The van der Waals surface area contributed by atoms with Gasteiger partial charge in [-0.25, -0.2) is 8.42 Å². The molecule has 7 heteroatoms. The van der Waals surface area contributed by atoms with E-state index < -0.39 is 10.0 Å². The highest BCUT2D eigenvalue weighted by atomic mass is 32.2. The summed E-state index contributed by atoms with van der Waals surface area (Å²) in [5.41, 5.74) is 0. The Balaban J connectivity index is 1.86. The van der Waals surface area contributed by atoms with Crippen LogP contribution < -0.4 is 5.32 Å². The van der Waals surface area contributed by atoms with Gasteiger partial charge in [-0.05, 0) is 18.8 Å².